The quantitative estimate of drug-likeness (QED) is 0.773. The highest BCUT2D eigenvalue weighted by atomic mass is 16.5. The van der Waals surface area contributed by atoms with E-state index in [4.69, 9.17) is 21.5 Å². The molecule has 4 N–H and O–H groups in total. The molecule has 0 aliphatic heterocycles. The molecule has 0 bridgehead atoms. The van der Waals surface area contributed by atoms with Crippen LogP contribution in [-0.4, -0.2) is 12.5 Å². The number of anilines is 1. The van der Waals surface area contributed by atoms with Gasteiger partial charge in [0.15, 0.2) is 5.75 Å². The standard InChI is InChI=1S/C13H17N3O2/c1-13(2,8-14)6-7-18-11-9(12(16)17)4-3-5-10(11)15/h3-5H,6-7,15H2,1-2H3,(H2,16,17). The highest BCUT2D eigenvalue weighted by molar-refractivity contribution is 5.97. The van der Waals surface area contributed by atoms with Gasteiger partial charge in [0.25, 0.3) is 5.91 Å². The number of nitrogens with two attached hydrogens (primary N) is 2. The average molecular weight is 247 g/mol. The molecule has 0 aliphatic rings. The van der Waals surface area contributed by atoms with Crippen molar-refractivity contribution in [1.82, 2.24) is 0 Å². The van der Waals surface area contributed by atoms with Crippen molar-refractivity contribution in [2.75, 3.05) is 12.3 Å². The number of benzene rings is 1. The Balaban J connectivity index is 2.80. The number of rotatable bonds is 5. The van der Waals surface area contributed by atoms with Gasteiger partial charge in [0, 0.05) is 0 Å². The molecule has 0 aromatic heterocycles. The summed E-state index contributed by atoms with van der Waals surface area (Å²) in [7, 11) is 0. The van der Waals surface area contributed by atoms with Crippen LogP contribution in [0.3, 0.4) is 0 Å². The lowest BCUT2D eigenvalue weighted by Crippen LogP contribution is -2.17. The summed E-state index contributed by atoms with van der Waals surface area (Å²) in [4.78, 5) is 11.2. The number of nitrogens with zero attached hydrogens (tertiary/aromatic N) is 1. The first kappa shape index (κ1) is 13.8. The number of ether oxygens (including phenoxy) is 1. The summed E-state index contributed by atoms with van der Waals surface area (Å²) in [5, 5.41) is 8.88. The first-order valence-electron chi connectivity index (χ1n) is 5.60. The largest absolute Gasteiger partial charge is 0.491 e. The van der Waals surface area contributed by atoms with Crippen LogP contribution in [0.2, 0.25) is 0 Å². The van der Waals surface area contributed by atoms with Crippen LogP contribution in [-0.2, 0) is 0 Å². The second kappa shape index (κ2) is 5.41. The summed E-state index contributed by atoms with van der Waals surface area (Å²) in [6.45, 7) is 3.94. The van der Waals surface area contributed by atoms with Gasteiger partial charge in [-0.15, -0.1) is 0 Å². The Morgan fingerprint density at radius 1 is 1.50 bits per heavy atom. The van der Waals surface area contributed by atoms with Crippen LogP contribution in [0.1, 0.15) is 30.6 Å². The molecular formula is C13H17N3O2. The fraction of sp³-hybridized carbons (Fsp3) is 0.385. The van der Waals surface area contributed by atoms with Crippen LogP contribution < -0.4 is 16.2 Å². The topological polar surface area (TPSA) is 102 Å². The summed E-state index contributed by atoms with van der Waals surface area (Å²) in [6, 6.07) is 7.01. The first-order chi connectivity index (χ1) is 8.37. The normalized spacial score (nSPS) is 10.7. The molecule has 0 aliphatic carbocycles. The van der Waals surface area contributed by atoms with Crippen molar-refractivity contribution in [2.24, 2.45) is 11.1 Å². The second-order valence-corrected chi connectivity index (χ2v) is 4.68. The molecule has 1 aromatic rings. The zero-order valence-corrected chi connectivity index (χ0v) is 10.6. The van der Waals surface area contributed by atoms with Gasteiger partial charge in [0.2, 0.25) is 0 Å². The molecule has 0 atom stereocenters. The monoisotopic (exact) mass is 247 g/mol. The lowest BCUT2D eigenvalue weighted by molar-refractivity contribution is 0.0996. The highest BCUT2D eigenvalue weighted by Crippen LogP contribution is 2.27. The average Bonchev–Trinajstić information content (AvgIpc) is 2.30. The Morgan fingerprint density at radius 3 is 2.72 bits per heavy atom. The molecule has 0 fully saturated rings. The van der Waals surface area contributed by atoms with Gasteiger partial charge in [-0.2, -0.15) is 5.26 Å². The maximum atomic E-state index is 11.2. The van der Waals surface area contributed by atoms with E-state index in [1.54, 1.807) is 18.2 Å². The van der Waals surface area contributed by atoms with Crippen molar-refractivity contribution in [3.05, 3.63) is 23.8 Å². The number of amides is 1. The molecule has 0 saturated carbocycles. The van der Waals surface area contributed by atoms with Gasteiger partial charge >= 0.3 is 0 Å². The highest BCUT2D eigenvalue weighted by Gasteiger charge is 2.18. The van der Waals surface area contributed by atoms with E-state index in [1.165, 1.54) is 0 Å². The lowest BCUT2D eigenvalue weighted by Gasteiger charge is -2.17. The molecule has 5 nitrogen and oxygen atoms in total. The van der Waals surface area contributed by atoms with Crippen molar-refractivity contribution in [3.8, 4) is 11.8 Å². The maximum Gasteiger partial charge on any atom is 0.252 e. The third kappa shape index (κ3) is 3.39. The number of para-hydroxylation sites is 1. The van der Waals surface area contributed by atoms with E-state index in [0.29, 0.717) is 24.5 Å². The predicted molar refractivity (Wildman–Crippen MR) is 68.9 cm³/mol. The fourth-order valence-electron chi connectivity index (χ4n) is 1.37. The minimum absolute atomic E-state index is 0.254. The second-order valence-electron chi connectivity index (χ2n) is 4.68. The third-order valence-electron chi connectivity index (χ3n) is 2.59. The Morgan fingerprint density at radius 2 is 2.17 bits per heavy atom. The van der Waals surface area contributed by atoms with Gasteiger partial charge < -0.3 is 16.2 Å². The molecule has 0 heterocycles. The fourth-order valence-corrected chi connectivity index (χ4v) is 1.37. The molecule has 0 radical (unpaired) electrons. The van der Waals surface area contributed by atoms with Crippen LogP contribution >= 0.6 is 0 Å². The van der Waals surface area contributed by atoms with Crippen LogP contribution in [0.5, 0.6) is 5.75 Å². The van der Waals surface area contributed by atoms with E-state index >= 15 is 0 Å². The molecule has 18 heavy (non-hydrogen) atoms. The summed E-state index contributed by atoms with van der Waals surface area (Å²) >= 11 is 0. The van der Waals surface area contributed by atoms with Crippen LogP contribution in [0.25, 0.3) is 0 Å². The van der Waals surface area contributed by atoms with Gasteiger partial charge in [-0.25, -0.2) is 0 Å². The summed E-state index contributed by atoms with van der Waals surface area (Å²) in [6.07, 6.45) is 0.538. The number of nitrogen functional groups attached to an aromatic ring is 1. The van der Waals surface area contributed by atoms with Gasteiger partial charge in [-0.3, -0.25) is 4.79 Å². The molecule has 1 rings (SSSR count). The Bertz CT molecular complexity index is 489. The molecular weight excluding hydrogens is 230 g/mol. The Kier molecular flexibility index (Phi) is 4.16. The molecule has 0 spiro atoms. The predicted octanol–water partition coefficient (Wildman–Crippen LogP) is 1.69. The zero-order valence-electron chi connectivity index (χ0n) is 10.6. The molecule has 1 aromatic carbocycles. The van der Waals surface area contributed by atoms with E-state index in [-0.39, 0.29) is 5.56 Å². The van der Waals surface area contributed by atoms with Gasteiger partial charge in [-0.05, 0) is 32.4 Å². The van der Waals surface area contributed by atoms with Gasteiger partial charge in [0.1, 0.15) is 0 Å². The molecule has 0 saturated heterocycles. The number of hydrogen-bond acceptors (Lipinski definition) is 4. The van der Waals surface area contributed by atoms with Crippen molar-refractivity contribution in [3.63, 3.8) is 0 Å². The molecule has 5 heteroatoms. The van der Waals surface area contributed by atoms with Crippen molar-refractivity contribution in [2.45, 2.75) is 20.3 Å². The molecule has 0 unspecified atom stereocenters. The number of nitriles is 1. The van der Waals surface area contributed by atoms with Crippen molar-refractivity contribution < 1.29 is 9.53 Å². The van der Waals surface area contributed by atoms with Crippen molar-refractivity contribution in [1.29, 1.82) is 5.26 Å². The van der Waals surface area contributed by atoms with E-state index in [9.17, 15) is 4.79 Å². The van der Waals surface area contributed by atoms with E-state index < -0.39 is 11.3 Å². The summed E-state index contributed by atoms with van der Waals surface area (Å²) < 4.78 is 5.49. The maximum absolute atomic E-state index is 11.2. The SMILES string of the molecule is CC(C)(C#N)CCOc1c(N)cccc1C(N)=O. The van der Waals surface area contributed by atoms with E-state index in [1.807, 2.05) is 13.8 Å². The third-order valence-corrected chi connectivity index (χ3v) is 2.59. The van der Waals surface area contributed by atoms with E-state index in [0.717, 1.165) is 0 Å². The number of primary amides is 1. The van der Waals surface area contributed by atoms with Gasteiger partial charge in [0.05, 0.1) is 29.3 Å². The molecule has 1 amide bonds. The summed E-state index contributed by atoms with van der Waals surface area (Å²) in [5.74, 6) is -0.296. The van der Waals surface area contributed by atoms with Crippen LogP contribution in [0.15, 0.2) is 18.2 Å². The zero-order chi connectivity index (χ0) is 13.8. The lowest BCUT2D eigenvalue weighted by atomic mass is 9.92. The molecule has 96 valence electrons. The Hall–Kier alpha value is -2.22. The number of carbonyl (C=O) groups excluding carboxylic acids is 1. The number of carbonyl (C=O) groups is 1. The van der Waals surface area contributed by atoms with Crippen molar-refractivity contribution >= 4 is 11.6 Å². The smallest absolute Gasteiger partial charge is 0.252 e. The van der Waals surface area contributed by atoms with E-state index in [2.05, 4.69) is 6.07 Å². The number of hydrogen-bond donors (Lipinski definition) is 2. The minimum Gasteiger partial charge on any atom is -0.491 e. The first-order valence-corrected chi connectivity index (χ1v) is 5.60. The summed E-state index contributed by atoms with van der Waals surface area (Å²) in [5.41, 5.74) is 11.1. The minimum atomic E-state index is -0.586. The van der Waals surface area contributed by atoms with Crippen LogP contribution in [0.4, 0.5) is 5.69 Å². The van der Waals surface area contributed by atoms with Gasteiger partial charge in [-0.1, -0.05) is 6.07 Å². The Labute approximate surface area is 106 Å². The van der Waals surface area contributed by atoms with Crippen LogP contribution in [0, 0.1) is 16.7 Å².